The fourth-order valence-corrected chi connectivity index (χ4v) is 2.36. The Morgan fingerprint density at radius 1 is 1.30 bits per heavy atom. The van der Waals surface area contributed by atoms with Crippen LogP contribution >= 0.6 is 0 Å². The lowest BCUT2D eigenvalue weighted by Crippen LogP contribution is -2.09. The highest BCUT2D eigenvalue weighted by Crippen LogP contribution is 2.21. The molecule has 0 radical (unpaired) electrons. The second-order valence-electron chi connectivity index (χ2n) is 4.98. The van der Waals surface area contributed by atoms with Crippen LogP contribution in [-0.2, 0) is 6.42 Å². The molecule has 0 aliphatic rings. The van der Waals surface area contributed by atoms with Crippen LogP contribution in [0.1, 0.15) is 28.7 Å². The molecule has 0 spiro atoms. The summed E-state index contributed by atoms with van der Waals surface area (Å²) in [6.45, 7) is 3.91. The highest BCUT2D eigenvalue weighted by molar-refractivity contribution is 5.85. The molecular weight excluding hydrogens is 294 g/mol. The van der Waals surface area contributed by atoms with Crippen molar-refractivity contribution in [1.29, 1.82) is 0 Å². The van der Waals surface area contributed by atoms with Gasteiger partial charge in [0.2, 0.25) is 0 Å². The molecule has 23 heavy (non-hydrogen) atoms. The molecule has 7 heteroatoms. The van der Waals surface area contributed by atoms with Gasteiger partial charge in [-0.2, -0.15) is 5.10 Å². The van der Waals surface area contributed by atoms with Gasteiger partial charge >= 0.3 is 5.97 Å². The third-order valence-corrected chi connectivity index (χ3v) is 3.49. The fraction of sp³-hybridized carbons (Fsp3) is 0.188. The van der Waals surface area contributed by atoms with Crippen molar-refractivity contribution < 1.29 is 9.90 Å². The van der Waals surface area contributed by atoms with Crippen molar-refractivity contribution in [3.05, 3.63) is 53.7 Å². The molecule has 0 aliphatic heterocycles. The van der Waals surface area contributed by atoms with E-state index < -0.39 is 5.97 Å². The van der Waals surface area contributed by atoms with Crippen molar-refractivity contribution in [3.63, 3.8) is 0 Å². The normalized spacial score (nSPS) is 10.7. The molecule has 0 saturated heterocycles. The lowest BCUT2D eigenvalue weighted by atomic mass is 10.1. The second-order valence-corrected chi connectivity index (χ2v) is 4.98. The number of aromatic carboxylic acids is 1. The summed E-state index contributed by atoms with van der Waals surface area (Å²) >= 11 is 0. The van der Waals surface area contributed by atoms with Crippen LogP contribution in [0.4, 0.5) is 0 Å². The van der Waals surface area contributed by atoms with Gasteiger partial charge in [0.25, 0.3) is 0 Å². The number of carboxylic acid groups (broad SMARTS) is 1. The zero-order chi connectivity index (χ0) is 16.4. The smallest absolute Gasteiger partial charge is 0.356 e. The van der Waals surface area contributed by atoms with Gasteiger partial charge in [-0.05, 0) is 31.5 Å². The van der Waals surface area contributed by atoms with Crippen LogP contribution in [-0.4, -0.2) is 35.8 Å². The Hall–Kier alpha value is -3.09. The number of aromatic nitrogens is 5. The number of hydrogen-bond donors (Lipinski definition) is 1. The molecule has 0 aliphatic carbocycles. The highest BCUT2D eigenvalue weighted by Gasteiger charge is 2.16. The van der Waals surface area contributed by atoms with Gasteiger partial charge in [-0.3, -0.25) is 4.98 Å². The van der Waals surface area contributed by atoms with Crippen LogP contribution in [0.2, 0.25) is 0 Å². The molecule has 3 aromatic heterocycles. The second kappa shape index (κ2) is 5.96. The molecule has 116 valence electrons. The van der Waals surface area contributed by atoms with Gasteiger partial charge in [0.1, 0.15) is 0 Å². The van der Waals surface area contributed by atoms with Crippen molar-refractivity contribution >= 4 is 5.97 Å². The average molecular weight is 309 g/mol. The minimum Gasteiger partial charge on any atom is -0.476 e. The Bertz CT molecular complexity index is 858. The van der Waals surface area contributed by atoms with E-state index in [2.05, 4.69) is 20.1 Å². The van der Waals surface area contributed by atoms with Gasteiger partial charge in [0.15, 0.2) is 17.3 Å². The summed E-state index contributed by atoms with van der Waals surface area (Å²) < 4.78 is 1.48. The van der Waals surface area contributed by atoms with Crippen molar-refractivity contribution in [2.24, 2.45) is 0 Å². The number of carbonyl (C=O) groups is 1. The van der Waals surface area contributed by atoms with E-state index in [9.17, 15) is 4.79 Å². The predicted octanol–water partition coefficient (Wildman–Crippen LogP) is 2.29. The van der Waals surface area contributed by atoms with Gasteiger partial charge in [-0.15, -0.1) is 0 Å². The number of pyridine rings is 1. The number of aryl methyl sites for hydroxylation is 1. The maximum Gasteiger partial charge on any atom is 0.356 e. The molecule has 0 amide bonds. The molecule has 3 heterocycles. The minimum atomic E-state index is -1.07. The predicted molar refractivity (Wildman–Crippen MR) is 83.5 cm³/mol. The molecule has 3 aromatic rings. The zero-order valence-electron chi connectivity index (χ0n) is 12.8. The summed E-state index contributed by atoms with van der Waals surface area (Å²) in [5, 5.41) is 13.1. The van der Waals surface area contributed by atoms with E-state index in [1.165, 1.54) is 10.7 Å². The summed E-state index contributed by atoms with van der Waals surface area (Å²) in [4.78, 5) is 24.2. The SMILES string of the molecule is CCc1c(C)nc(-c2cccnc2)nc1-n1ccc(C(=O)O)n1. The molecule has 0 bridgehead atoms. The summed E-state index contributed by atoms with van der Waals surface area (Å²) in [5.74, 6) is 0.0570. The molecule has 3 rings (SSSR count). The topological polar surface area (TPSA) is 93.8 Å². The molecule has 0 fully saturated rings. The van der Waals surface area contributed by atoms with Crippen molar-refractivity contribution in [3.8, 4) is 17.2 Å². The number of rotatable bonds is 4. The highest BCUT2D eigenvalue weighted by atomic mass is 16.4. The van der Waals surface area contributed by atoms with Crippen LogP contribution in [0.5, 0.6) is 0 Å². The maximum absolute atomic E-state index is 11.0. The van der Waals surface area contributed by atoms with E-state index in [1.54, 1.807) is 18.6 Å². The van der Waals surface area contributed by atoms with Crippen molar-refractivity contribution in [2.75, 3.05) is 0 Å². The molecular formula is C16H15N5O2. The first kappa shape index (κ1) is 14.8. The van der Waals surface area contributed by atoms with Gasteiger partial charge in [-0.1, -0.05) is 6.92 Å². The third-order valence-electron chi connectivity index (χ3n) is 3.49. The van der Waals surface area contributed by atoms with E-state index >= 15 is 0 Å². The zero-order valence-corrected chi connectivity index (χ0v) is 12.8. The lowest BCUT2D eigenvalue weighted by Gasteiger charge is -2.12. The van der Waals surface area contributed by atoms with E-state index in [4.69, 9.17) is 5.11 Å². The van der Waals surface area contributed by atoms with Crippen LogP contribution in [0, 0.1) is 6.92 Å². The van der Waals surface area contributed by atoms with Gasteiger partial charge in [0.05, 0.1) is 0 Å². The van der Waals surface area contributed by atoms with Gasteiger partial charge in [0, 0.05) is 35.4 Å². The molecule has 0 saturated carbocycles. The lowest BCUT2D eigenvalue weighted by molar-refractivity contribution is 0.0690. The van der Waals surface area contributed by atoms with Crippen molar-refractivity contribution in [2.45, 2.75) is 20.3 Å². The minimum absolute atomic E-state index is 0.0220. The van der Waals surface area contributed by atoms with E-state index in [0.29, 0.717) is 11.6 Å². The average Bonchev–Trinajstić information content (AvgIpc) is 3.05. The Morgan fingerprint density at radius 2 is 2.13 bits per heavy atom. The fourth-order valence-electron chi connectivity index (χ4n) is 2.36. The van der Waals surface area contributed by atoms with Gasteiger partial charge in [-0.25, -0.2) is 19.4 Å². The monoisotopic (exact) mass is 309 g/mol. The Labute approximate surface area is 132 Å². The van der Waals surface area contributed by atoms with Crippen LogP contribution in [0.15, 0.2) is 36.8 Å². The largest absolute Gasteiger partial charge is 0.476 e. The van der Waals surface area contributed by atoms with Crippen molar-refractivity contribution in [1.82, 2.24) is 24.7 Å². The Kier molecular flexibility index (Phi) is 3.84. The van der Waals surface area contributed by atoms with Crippen LogP contribution in [0.25, 0.3) is 17.2 Å². The third kappa shape index (κ3) is 2.80. The summed E-state index contributed by atoms with van der Waals surface area (Å²) in [6.07, 6.45) is 5.69. The van der Waals surface area contributed by atoms with Crippen LogP contribution < -0.4 is 0 Å². The number of nitrogens with zero attached hydrogens (tertiary/aromatic N) is 5. The van der Waals surface area contributed by atoms with Crippen LogP contribution in [0.3, 0.4) is 0 Å². The molecule has 0 aromatic carbocycles. The Balaban J connectivity index is 2.17. The molecule has 0 atom stereocenters. The summed E-state index contributed by atoms with van der Waals surface area (Å²) in [7, 11) is 0. The standard InChI is InChI=1S/C16H15N5O2/c1-3-12-10(2)18-14(11-5-4-7-17-9-11)19-15(12)21-8-6-13(20-21)16(22)23/h4-9H,3H2,1-2H3,(H,22,23). The molecule has 1 N–H and O–H groups in total. The first-order valence-corrected chi connectivity index (χ1v) is 7.17. The maximum atomic E-state index is 11.0. The number of hydrogen-bond acceptors (Lipinski definition) is 5. The molecule has 7 nitrogen and oxygen atoms in total. The van der Waals surface area contributed by atoms with E-state index in [-0.39, 0.29) is 5.69 Å². The summed E-state index contributed by atoms with van der Waals surface area (Å²) in [5.41, 5.74) is 2.54. The quantitative estimate of drug-likeness (QED) is 0.794. The first-order valence-electron chi connectivity index (χ1n) is 7.17. The Morgan fingerprint density at radius 3 is 2.74 bits per heavy atom. The molecule has 0 unspecified atom stereocenters. The van der Waals surface area contributed by atoms with E-state index in [0.717, 1.165) is 23.2 Å². The van der Waals surface area contributed by atoms with Gasteiger partial charge < -0.3 is 5.11 Å². The van der Waals surface area contributed by atoms with E-state index in [1.807, 2.05) is 26.0 Å². The summed E-state index contributed by atoms with van der Waals surface area (Å²) in [6, 6.07) is 5.14. The first-order chi connectivity index (χ1) is 11.1. The number of carboxylic acids is 1.